The second kappa shape index (κ2) is 6.22. The summed E-state index contributed by atoms with van der Waals surface area (Å²) in [6.45, 7) is 9.42. The predicted molar refractivity (Wildman–Crippen MR) is 80.0 cm³/mol. The summed E-state index contributed by atoms with van der Waals surface area (Å²) in [6, 6.07) is -0.344. The van der Waals surface area contributed by atoms with Gasteiger partial charge in [0.05, 0.1) is 0 Å². The standard InChI is InChI=1S/C15H27N3O3/c1-15(2,3)21-14(20)18-7-5-6-12(18)13(19)17-10-8-16(4)9-11-17/h12H,5-11H2,1-4H3/t12-/m1/s1. The van der Waals surface area contributed by atoms with Crippen LogP contribution in [0.25, 0.3) is 0 Å². The number of hydrogen-bond donors (Lipinski definition) is 0. The van der Waals surface area contributed by atoms with E-state index in [0.717, 1.165) is 39.0 Å². The zero-order valence-corrected chi connectivity index (χ0v) is 13.6. The maximum atomic E-state index is 12.6. The number of carbonyl (C=O) groups is 2. The summed E-state index contributed by atoms with van der Waals surface area (Å²) < 4.78 is 5.41. The third-order valence-electron chi connectivity index (χ3n) is 3.98. The van der Waals surface area contributed by atoms with E-state index >= 15 is 0 Å². The molecule has 1 atom stereocenters. The van der Waals surface area contributed by atoms with Crippen LogP contribution in [0.3, 0.4) is 0 Å². The number of amides is 2. The molecule has 2 heterocycles. The van der Waals surface area contributed by atoms with Gasteiger partial charge in [-0.15, -0.1) is 0 Å². The number of ether oxygens (including phenoxy) is 1. The van der Waals surface area contributed by atoms with E-state index in [1.807, 2.05) is 25.7 Å². The summed E-state index contributed by atoms with van der Waals surface area (Å²) in [5.74, 6) is 0.0754. The zero-order valence-electron chi connectivity index (χ0n) is 13.6. The number of carbonyl (C=O) groups excluding carboxylic acids is 2. The minimum absolute atomic E-state index is 0.0754. The van der Waals surface area contributed by atoms with Crippen molar-refractivity contribution in [3.05, 3.63) is 0 Å². The second-order valence-electron chi connectivity index (χ2n) is 6.96. The molecule has 0 spiro atoms. The van der Waals surface area contributed by atoms with E-state index in [1.165, 1.54) is 0 Å². The summed E-state index contributed by atoms with van der Waals surface area (Å²) in [7, 11) is 2.06. The molecule has 0 N–H and O–H groups in total. The Morgan fingerprint density at radius 3 is 2.24 bits per heavy atom. The summed E-state index contributed by atoms with van der Waals surface area (Å²) in [5, 5.41) is 0. The zero-order chi connectivity index (χ0) is 15.6. The molecule has 0 aromatic heterocycles. The van der Waals surface area contributed by atoms with Crippen LogP contribution < -0.4 is 0 Å². The molecule has 2 saturated heterocycles. The smallest absolute Gasteiger partial charge is 0.410 e. The highest BCUT2D eigenvalue weighted by Crippen LogP contribution is 2.22. The Balaban J connectivity index is 1.98. The van der Waals surface area contributed by atoms with Crippen molar-refractivity contribution in [3.8, 4) is 0 Å². The Labute approximate surface area is 127 Å². The van der Waals surface area contributed by atoms with Gasteiger partial charge >= 0.3 is 6.09 Å². The van der Waals surface area contributed by atoms with Crippen molar-refractivity contribution in [2.45, 2.75) is 45.3 Å². The molecule has 0 radical (unpaired) electrons. The first kappa shape index (κ1) is 16.1. The Hall–Kier alpha value is -1.30. The Morgan fingerprint density at radius 1 is 1.05 bits per heavy atom. The minimum atomic E-state index is -0.527. The fraction of sp³-hybridized carbons (Fsp3) is 0.867. The van der Waals surface area contributed by atoms with E-state index in [1.54, 1.807) is 4.90 Å². The van der Waals surface area contributed by atoms with Gasteiger partial charge in [-0.1, -0.05) is 0 Å². The molecule has 2 aliphatic heterocycles. The van der Waals surface area contributed by atoms with Crippen LogP contribution in [0.5, 0.6) is 0 Å². The van der Waals surface area contributed by atoms with Crippen LogP contribution in [0, 0.1) is 0 Å². The van der Waals surface area contributed by atoms with E-state index in [0.29, 0.717) is 6.54 Å². The lowest BCUT2D eigenvalue weighted by atomic mass is 10.1. The van der Waals surface area contributed by atoms with Gasteiger partial charge in [0.1, 0.15) is 11.6 Å². The predicted octanol–water partition coefficient (Wildman–Crippen LogP) is 1.16. The number of rotatable bonds is 1. The number of likely N-dealkylation sites (N-methyl/N-ethyl adjacent to an activating group) is 1. The van der Waals surface area contributed by atoms with Gasteiger partial charge in [0.15, 0.2) is 0 Å². The van der Waals surface area contributed by atoms with Gasteiger partial charge in [0.2, 0.25) is 5.91 Å². The SMILES string of the molecule is CN1CCN(C(=O)[C@H]2CCCN2C(=O)OC(C)(C)C)CC1. The van der Waals surface area contributed by atoms with Gasteiger partial charge in [0, 0.05) is 32.7 Å². The van der Waals surface area contributed by atoms with E-state index in [4.69, 9.17) is 4.74 Å². The van der Waals surface area contributed by atoms with Gasteiger partial charge in [-0.2, -0.15) is 0 Å². The van der Waals surface area contributed by atoms with Gasteiger partial charge < -0.3 is 14.5 Å². The first-order valence-corrected chi connectivity index (χ1v) is 7.75. The van der Waals surface area contributed by atoms with Crippen molar-refractivity contribution in [2.24, 2.45) is 0 Å². The van der Waals surface area contributed by atoms with E-state index in [2.05, 4.69) is 11.9 Å². The third-order valence-corrected chi connectivity index (χ3v) is 3.98. The van der Waals surface area contributed by atoms with Crippen LogP contribution in [0.4, 0.5) is 4.79 Å². The van der Waals surface area contributed by atoms with Crippen LogP contribution in [-0.2, 0) is 9.53 Å². The largest absolute Gasteiger partial charge is 0.444 e. The number of likely N-dealkylation sites (tertiary alicyclic amines) is 1. The van der Waals surface area contributed by atoms with E-state index in [9.17, 15) is 9.59 Å². The van der Waals surface area contributed by atoms with Crippen LogP contribution in [0.15, 0.2) is 0 Å². The lowest BCUT2D eigenvalue weighted by Crippen LogP contribution is -2.54. The average molecular weight is 297 g/mol. The molecule has 2 amide bonds. The highest BCUT2D eigenvalue weighted by molar-refractivity contribution is 5.86. The van der Waals surface area contributed by atoms with Crippen LogP contribution in [0.1, 0.15) is 33.6 Å². The summed E-state index contributed by atoms with van der Waals surface area (Å²) in [4.78, 5) is 30.6. The van der Waals surface area contributed by atoms with E-state index in [-0.39, 0.29) is 18.0 Å². The molecule has 0 aromatic rings. The number of hydrogen-bond acceptors (Lipinski definition) is 4. The van der Waals surface area contributed by atoms with Crippen molar-refractivity contribution in [2.75, 3.05) is 39.8 Å². The lowest BCUT2D eigenvalue weighted by molar-refractivity contribution is -0.137. The molecular formula is C15H27N3O3. The average Bonchev–Trinajstić information content (AvgIpc) is 2.86. The van der Waals surface area contributed by atoms with Crippen molar-refractivity contribution in [3.63, 3.8) is 0 Å². The normalized spacial score (nSPS) is 24.3. The van der Waals surface area contributed by atoms with Crippen LogP contribution >= 0.6 is 0 Å². The summed E-state index contributed by atoms with van der Waals surface area (Å²) in [6.07, 6.45) is 1.24. The Morgan fingerprint density at radius 2 is 1.67 bits per heavy atom. The number of piperazine rings is 1. The number of nitrogens with zero attached hydrogens (tertiary/aromatic N) is 3. The molecule has 0 saturated carbocycles. The van der Waals surface area contributed by atoms with Crippen molar-refractivity contribution in [1.82, 2.24) is 14.7 Å². The molecule has 120 valence electrons. The molecule has 0 aliphatic carbocycles. The Kier molecular flexibility index (Phi) is 4.76. The molecule has 2 rings (SSSR count). The fourth-order valence-electron chi connectivity index (χ4n) is 2.80. The Bertz CT molecular complexity index is 397. The molecule has 0 bridgehead atoms. The van der Waals surface area contributed by atoms with E-state index < -0.39 is 5.60 Å². The first-order valence-electron chi connectivity index (χ1n) is 7.75. The molecule has 6 nitrogen and oxygen atoms in total. The van der Waals surface area contributed by atoms with Crippen molar-refractivity contribution < 1.29 is 14.3 Å². The monoisotopic (exact) mass is 297 g/mol. The molecule has 0 unspecified atom stereocenters. The molecule has 2 aliphatic rings. The molecule has 21 heavy (non-hydrogen) atoms. The molecular weight excluding hydrogens is 270 g/mol. The van der Waals surface area contributed by atoms with Crippen molar-refractivity contribution in [1.29, 1.82) is 0 Å². The topological polar surface area (TPSA) is 53.1 Å². The highest BCUT2D eigenvalue weighted by Gasteiger charge is 2.38. The third kappa shape index (κ3) is 4.09. The van der Waals surface area contributed by atoms with Gasteiger partial charge in [-0.3, -0.25) is 9.69 Å². The summed E-state index contributed by atoms with van der Waals surface area (Å²) >= 11 is 0. The first-order chi connectivity index (χ1) is 9.78. The van der Waals surface area contributed by atoms with Crippen LogP contribution in [0.2, 0.25) is 0 Å². The highest BCUT2D eigenvalue weighted by atomic mass is 16.6. The van der Waals surface area contributed by atoms with Gasteiger partial charge in [-0.25, -0.2) is 4.79 Å². The van der Waals surface area contributed by atoms with Gasteiger partial charge in [-0.05, 0) is 40.7 Å². The molecule has 6 heteroatoms. The molecule has 0 aromatic carbocycles. The maximum absolute atomic E-state index is 12.6. The lowest BCUT2D eigenvalue weighted by Gasteiger charge is -2.36. The second-order valence-corrected chi connectivity index (χ2v) is 6.96. The maximum Gasteiger partial charge on any atom is 0.410 e. The fourth-order valence-corrected chi connectivity index (χ4v) is 2.80. The van der Waals surface area contributed by atoms with Crippen LogP contribution in [-0.4, -0.2) is 78.1 Å². The van der Waals surface area contributed by atoms with Gasteiger partial charge in [0.25, 0.3) is 0 Å². The minimum Gasteiger partial charge on any atom is -0.444 e. The summed E-state index contributed by atoms with van der Waals surface area (Å²) in [5.41, 5.74) is -0.527. The van der Waals surface area contributed by atoms with Crippen molar-refractivity contribution >= 4 is 12.0 Å². The quantitative estimate of drug-likeness (QED) is 0.729. The molecule has 2 fully saturated rings.